The summed E-state index contributed by atoms with van der Waals surface area (Å²) >= 11 is 0. The van der Waals surface area contributed by atoms with Gasteiger partial charge >= 0.3 is 12.1 Å². The number of ether oxygens (including phenoxy) is 3. The summed E-state index contributed by atoms with van der Waals surface area (Å²) in [4.78, 5) is 22.2. The molecule has 5 nitrogen and oxygen atoms in total. The van der Waals surface area contributed by atoms with E-state index in [2.05, 4.69) is 9.47 Å². The molecule has 1 aliphatic rings. The third-order valence-electron chi connectivity index (χ3n) is 2.76. The van der Waals surface area contributed by atoms with Crippen LogP contribution in [-0.2, 0) is 19.0 Å². The van der Waals surface area contributed by atoms with Gasteiger partial charge in [0.05, 0.1) is 11.3 Å². The summed E-state index contributed by atoms with van der Waals surface area (Å²) in [7, 11) is 0. The minimum absolute atomic E-state index is 0.0608. The van der Waals surface area contributed by atoms with Crippen molar-refractivity contribution in [1.29, 1.82) is 0 Å². The first-order valence-electron chi connectivity index (χ1n) is 5.42. The van der Waals surface area contributed by atoms with E-state index in [-0.39, 0.29) is 31.7 Å². The van der Waals surface area contributed by atoms with Crippen LogP contribution in [0, 0.1) is 11.3 Å². The lowest BCUT2D eigenvalue weighted by atomic mass is 9.91. The third-order valence-corrected chi connectivity index (χ3v) is 2.76. The molecule has 0 radical (unpaired) electrons. The van der Waals surface area contributed by atoms with Crippen molar-refractivity contribution < 1.29 is 23.8 Å². The van der Waals surface area contributed by atoms with Crippen molar-refractivity contribution in [3.63, 3.8) is 0 Å². The quantitative estimate of drug-likeness (QED) is 0.688. The number of hydrogen-bond donors (Lipinski definition) is 0. The van der Waals surface area contributed by atoms with Crippen molar-refractivity contribution in [1.82, 2.24) is 0 Å². The zero-order valence-electron chi connectivity index (χ0n) is 9.95. The second-order valence-corrected chi connectivity index (χ2v) is 4.57. The molecule has 0 atom stereocenters. The highest BCUT2D eigenvalue weighted by molar-refractivity contribution is 5.75. The van der Waals surface area contributed by atoms with E-state index in [1.165, 1.54) is 0 Å². The predicted octanol–water partition coefficient (Wildman–Crippen LogP) is 1.75. The molecule has 0 bridgehead atoms. The molecular formula is C11H18O5. The molecule has 0 aliphatic carbocycles. The molecule has 1 heterocycles. The van der Waals surface area contributed by atoms with Gasteiger partial charge in [-0.1, -0.05) is 6.92 Å². The van der Waals surface area contributed by atoms with Crippen LogP contribution in [0.2, 0.25) is 0 Å². The van der Waals surface area contributed by atoms with Crippen LogP contribution in [0.25, 0.3) is 0 Å². The zero-order valence-corrected chi connectivity index (χ0v) is 9.95. The van der Waals surface area contributed by atoms with Crippen molar-refractivity contribution in [2.45, 2.75) is 27.2 Å². The first-order valence-corrected chi connectivity index (χ1v) is 5.42. The molecular weight excluding hydrogens is 212 g/mol. The average Bonchev–Trinajstić information content (AvgIpc) is 2.28. The van der Waals surface area contributed by atoms with Crippen LogP contribution in [0.15, 0.2) is 0 Å². The van der Waals surface area contributed by atoms with Gasteiger partial charge in [-0.2, -0.15) is 0 Å². The zero-order chi connectivity index (χ0) is 12.2. The number of carbonyl (C=O) groups excluding carboxylic acids is 2. The second kappa shape index (κ2) is 5.18. The molecule has 1 rings (SSSR count). The van der Waals surface area contributed by atoms with Crippen molar-refractivity contribution in [3.05, 3.63) is 0 Å². The van der Waals surface area contributed by atoms with E-state index in [1.54, 1.807) is 0 Å². The Morgan fingerprint density at radius 3 is 2.50 bits per heavy atom. The van der Waals surface area contributed by atoms with Gasteiger partial charge in [-0.25, -0.2) is 4.79 Å². The van der Waals surface area contributed by atoms with Crippen molar-refractivity contribution in [3.8, 4) is 0 Å². The molecule has 5 heteroatoms. The molecule has 0 spiro atoms. The normalized spacial score (nSPS) is 17.6. The standard InChI is InChI=1S/C11H18O5/c1-4-11(2,3)9(12)14-5-8-6-15-10(13)16-7-8/h8H,4-7H2,1-3H3. The summed E-state index contributed by atoms with van der Waals surface area (Å²) in [5.41, 5.74) is -0.466. The van der Waals surface area contributed by atoms with E-state index >= 15 is 0 Å². The Kier molecular flexibility index (Phi) is 4.15. The molecule has 1 aliphatic heterocycles. The lowest BCUT2D eigenvalue weighted by Crippen LogP contribution is -2.34. The molecule has 0 saturated carbocycles. The van der Waals surface area contributed by atoms with Crippen molar-refractivity contribution >= 4 is 12.1 Å². The van der Waals surface area contributed by atoms with Gasteiger partial charge in [0.1, 0.15) is 19.8 Å². The maximum absolute atomic E-state index is 11.6. The molecule has 0 aromatic carbocycles. The first-order chi connectivity index (χ1) is 7.45. The van der Waals surface area contributed by atoms with Crippen molar-refractivity contribution in [2.24, 2.45) is 11.3 Å². The topological polar surface area (TPSA) is 61.8 Å². The third kappa shape index (κ3) is 3.40. The second-order valence-electron chi connectivity index (χ2n) is 4.57. The summed E-state index contributed by atoms with van der Waals surface area (Å²) in [5.74, 6) is -0.291. The number of cyclic esters (lactones) is 2. The van der Waals surface area contributed by atoms with E-state index in [1.807, 2.05) is 20.8 Å². The monoisotopic (exact) mass is 230 g/mol. The highest BCUT2D eigenvalue weighted by Crippen LogP contribution is 2.22. The minimum Gasteiger partial charge on any atom is -0.465 e. The van der Waals surface area contributed by atoms with Crippen LogP contribution < -0.4 is 0 Å². The lowest BCUT2D eigenvalue weighted by molar-refractivity contribution is -0.157. The van der Waals surface area contributed by atoms with Crippen LogP contribution >= 0.6 is 0 Å². The van der Waals surface area contributed by atoms with E-state index in [9.17, 15) is 9.59 Å². The predicted molar refractivity (Wildman–Crippen MR) is 55.8 cm³/mol. The summed E-state index contributed by atoms with van der Waals surface area (Å²) in [5, 5.41) is 0. The van der Waals surface area contributed by atoms with Crippen LogP contribution in [0.3, 0.4) is 0 Å². The van der Waals surface area contributed by atoms with Crippen LogP contribution in [0.4, 0.5) is 4.79 Å². The molecule has 16 heavy (non-hydrogen) atoms. The highest BCUT2D eigenvalue weighted by Gasteiger charge is 2.29. The Morgan fingerprint density at radius 2 is 2.00 bits per heavy atom. The Morgan fingerprint density at radius 1 is 1.44 bits per heavy atom. The molecule has 0 aromatic rings. The summed E-state index contributed by atoms with van der Waals surface area (Å²) < 4.78 is 14.5. The average molecular weight is 230 g/mol. The fraction of sp³-hybridized carbons (Fsp3) is 0.818. The van der Waals surface area contributed by atoms with Gasteiger partial charge in [0.25, 0.3) is 0 Å². The first kappa shape index (κ1) is 12.8. The van der Waals surface area contributed by atoms with Gasteiger partial charge in [0.2, 0.25) is 0 Å². The Labute approximate surface area is 95.0 Å². The van der Waals surface area contributed by atoms with Crippen LogP contribution in [0.1, 0.15) is 27.2 Å². The van der Waals surface area contributed by atoms with E-state index in [0.717, 1.165) is 6.42 Å². The number of carbonyl (C=O) groups is 2. The van der Waals surface area contributed by atoms with Gasteiger partial charge in [-0.15, -0.1) is 0 Å². The Hall–Kier alpha value is -1.26. The number of esters is 1. The van der Waals surface area contributed by atoms with E-state index in [0.29, 0.717) is 0 Å². The fourth-order valence-corrected chi connectivity index (χ4v) is 1.09. The number of rotatable bonds is 4. The molecule has 92 valence electrons. The summed E-state index contributed by atoms with van der Waals surface area (Å²) in [6.07, 6.45) is 0.0681. The van der Waals surface area contributed by atoms with Gasteiger partial charge in [0.15, 0.2) is 0 Å². The highest BCUT2D eigenvalue weighted by atomic mass is 16.7. The maximum atomic E-state index is 11.6. The lowest BCUT2D eigenvalue weighted by Gasteiger charge is -2.24. The largest absolute Gasteiger partial charge is 0.508 e. The SMILES string of the molecule is CCC(C)(C)C(=O)OCC1COC(=O)OC1. The maximum Gasteiger partial charge on any atom is 0.508 e. The minimum atomic E-state index is -0.656. The van der Waals surface area contributed by atoms with Gasteiger partial charge in [-0.3, -0.25) is 4.79 Å². The molecule has 0 N–H and O–H groups in total. The van der Waals surface area contributed by atoms with E-state index in [4.69, 9.17) is 4.74 Å². The summed E-state index contributed by atoms with van der Waals surface area (Å²) in [6.45, 7) is 6.35. The van der Waals surface area contributed by atoms with Gasteiger partial charge in [0, 0.05) is 0 Å². The molecule has 0 amide bonds. The van der Waals surface area contributed by atoms with Crippen LogP contribution in [-0.4, -0.2) is 31.9 Å². The Balaban J connectivity index is 2.29. The summed E-state index contributed by atoms with van der Waals surface area (Å²) in [6, 6.07) is 0. The number of hydrogen-bond acceptors (Lipinski definition) is 5. The molecule has 1 saturated heterocycles. The molecule has 0 aromatic heterocycles. The molecule has 1 fully saturated rings. The van der Waals surface area contributed by atoms with Crippen molar-refractivity contribution in [2.75, 3.05) is 19.8 Å². The molecule has 0 unspecified atom stereocenters. The Bertz CT molecular complexity index is 262. The van der Waals surface area contributed by atoms with Gasteiger partial charge in [-0.05, 0) is 20.3 Å². The van der Waals surface area contributed by atoms with Gasteiger partial charge < -0.3 is 14.2 Å². The fourth-order valence-electron chi connectivity index (χ4n) is 1.09. The van der Waals surface area contributed by atoms with E-state index < -0.39 is 11.6 Å². The smallest absolute Gasteiger partial charge is 0.465 e. The van der Waals surface area contributed by atoms with Crippen LogP contribution in [0.5, 0.6) is 0 Å².